The summed E-state index contributed by atoms with van der Waals surface area (Å²) in [7, 11) is 0. The zero-order chi connectivity index (χ0) is 19.6. The Kier molecular flexibility index (Phi) is 5.36. The number of carbonyl (C=O) groups is 2. The number of esters is 1. The van der Waals surface area contributed by atoms with Crippen molar-refractivity contribution in [3.63, 3.8) is 0 Å². The highest BCUT2D eigenvalue weighted by molar-refractivity contribution is 7.12. The fraction of sp³-hybridized carbons (Fsp3) is 0.211. The van der Waals surface area contributed by atoms with Crippen molar-refractivity contribution >= 4 is 28.9 Å². The average molecular weight is 387 g/mol. The first-order chi connectivity index (χ1) is 12.9. The zero-order valence-electron chi connectivity index (χ0n) is 15.1. The topological polar surface area (TPSA) is 73.2 Å². The number of aryl methyl sites for hydroxylation is 2. The van der Waals surface area contributed by atoms with Gasteiger partial charge in [-0.05, 0) is 44.5 Å². The van der Waals surface area contributed by atoms with Crippen molar-refractivity contribution in [1.82, 2.24) is 9.55 Å². The Morgan fingerprint density at radius 1 is 1.26 bits per heavy atom. The monoisotopic (exact) mass is 387 g/mol. The van der Waals surface area contributed by atoms with Crippen LogP contribution in [0.2, 0.25) is 0 Å². The summed E-state index contributed by atoms with van der Waals surface area (Å²) in [5, 5.41) is 5.15. The number of anilines is 1. The van der Waals surface area contributed by atoms with Crippen molar-refractivity contribution < 1.29 is 18.7 Å². The van der Waals surface area contributed by atoms with Gasteiger partial charge >= 0.3 is 5.97 Å². The lowest BCUT2D eigenvalue weighted by molar-refractivity contribution is -0.119. The van der Waals surface area contributed by atoms with Gasteiger partial charge in [-0.3, -0.25) is 9.36 Å². The first-order valence-electron chi connectivity index (χ1n) is 8.18. The number of rotatable bonds is 5. The van der Waals surface area contributed by atoms with Crippen LogP contribution in [0.15, 0.2) is 35.8 Å². The number of benzene rings is 1. The number of ether oxygens (including phenoxy) is 1. The van der Waals surface area contributed by atoms with Crippen molar-refractivity contribution in [2.45, 2.75) is 20.8 Å². The Labute approximate surface area is 159 Å². The molecule has 140 valence electrons. The lowest BCUT2D eigenvalue weighted by atomic mass is 10.2. The van der Waals surface area contributed by atoms with E-state index in [2.05, 4.69) is 10.3 Å². The van der Waals surface area contributed by atoms with Gasteiger partial charge in [0.1, 0.15) is 5.82 Å². The van der Waals surface area contributed by atoms with E-state index in [1.807, 2.05) is 16.9 Å². The third-order valence-corrected chi connectivity index (χ3v) is 4.83. The number of thiazole rings is 1. The minimum Gasteiger partial charge on any atom is -0.452 e. The Morgan fingerprint density at radius 2 is 2.04 bits per heavy atom. The Morgan fingerprint density at radius 3 is 2.74 bits per heavy atom. The molecule has 6 nitrogen and oxygen atoms in total. The fourth-order valence-corrected chi connectivity index (χ4v) is 3.47. The maximum Gasteiger partial charge on any atom is 0.340 e. The predicted octanol–water partition coefficient (Wildman–Crippen LogP) is 3.79. The molecule has 3 aromatic rings. The number of carbonyl (C=O) groups excluding carboxylic acids is 2. The second-order valence-electron chi connectivity index (χ2n) is 6.02. The molecule has 0 unspecified atom stereocenters. The summed E-state index contributed by atoms with van der Waals surface area (Å²) in [6.45, 7) is 4.94. The SMILES string of the molecule is Cc1ccc(F)cc1NC(=O)COC(=O)c1cc(C)n(-c2nccs2)c1C. The number of nitrogens with one attached hydrogen (secondary N) is 1. The van der Waals surface area contributed by atoms with Crippen LogP contribution in [-0.2, 0) is 9.53 Å². The highest BCUT2D eigenvalue weighted by atomic mass is 32.1. The summed E-state index contributed by atoms with van der Waals surface area (Å²) in [4.78, 5) is 28.7. The first kappa shape index (κ1) is 18.8. The van der Waals surface area contributed by atoms with Crippen molar-refractivity contribution in [3.05, 3.63) is 64.2 Å². The molecule has 8 heteroatoms. The minimum absolute atomic E-state index is 0.345. The third-order valence-electron chi connectivity index (χ3n) is 4.07. The highest BCUT2D eigenvalue weighted by Gasteiger charge is 2.20. The van der Waals surface area contributed by atoms with E-state index in [4.69, 9.17) is 4.74 Å². The Hall–Kier alpha value is -3.00. The van der Waals surface area contributed by atoms with Crippen molar-refractivity contribution in [1.29, 1.82) is 0 Å². The Bertz CT molecular complexity index is 996. The molecule has 0 saturated carbocycles. The summed E-state index contributed by atoms with van der Waals surface area (Å²) in [5.41, 5.74) is 2.96. The van der Waals surface area contributed by atoms with Crippen LogP contribution < -0.4 is 5.32 Å². The normalized spacial score (nSPS) is 10.7. The second-order valence-corrected chi connectivity index (χ2v) is 6.89. The van der Waals surface area contributed by atoms with Gasteiger partial charge in [0.15, 0.2) is 11.7 Å². The maximum atomic E-state index is 13.3. The number of aromatic nitrogens is 2. The number of nitrogens with zero attached hydrogens (tertiary/aromatic N) is 2. The molecule has 0 aliphatic rings. The maximum absolute atomic E-state index is 13.3. The number of halogens is 1. The molecule has 0 atom stereocenters. The lowest BCUT2D eigenvalue weighted by Crippen LogP contribution is -2.21. The summed E-state index contributed by atoms with van der Waals surface area (Å²) in [5.74, 6) is -1.59. The molecule has 0 fully saturated rings. The van der Waals surface area contributed by atoms with Crippen molar-refractivity contribution in [2.24, 2.45) is 0 Å². The molecule has 0 spiro atoms. The third kappa shape index (κ3) is 4.06. The molecule has 0 bridgehead atoms. The van der Waals surface area contributed by atoms with Crippen LogP contribution in [0, 0.1) is 26.6 Å². The minimum atomic E-state index is -0.600. The summed E-state index contributed by atoms with van der Waals surface area (Å²) in [6, 6.07) is 5.79. The summed E-state index contributed by atoms with van der Waals surface area (Å²) in [6.07, 6.45) is 1.69. The fourth-order valence-electron chi connectivity index (χ4n) is 2.71. The van der Waals surface area contributed by atoms with Crippen LogP contribution in [0.3, 0.4) is 0 Å². The van der Waals surface area contributed by atoms with Crippen LogP contribution in [0.25, 0.3) is 5.13 Å². The molecular formula is C19H18FN3O3S. The van der Waals surface area contributed by atoms with Gasteiger partial charge in [-0.2, -0.15) is 0 Å². The van der Waals surface area contributed by atoms with Gasteiger partial charge in [0.2, 0.25) is 0 Å². The van der Waals surface area contributed by atoms with Crippen LogP contribution in [0.1, 0.15) is 27.3 Å². The van der Waals surface area contributed by atoms with Gasteiger partial charge in [0, 0.05) is 28.7 Å². The largest absolute Gasteiger partial charge is 0.452 e. The van der Waals surface area contributed by atoms with E-state index in [0.29, 0.717) is 22.5 Å². The van der Waals surface area contributed by atoms with Gasteiger partial charge in [-0.1, -0.05) is 6.07 Å². The van der Waals surface area contributed by atoms with Crippen LogP contribution in [0.5, 0.6) is 0 Å². The average Bonchev–Trinajstić information content (AvgIpc) is 3.24. The van der Waals surface area contributed by atoms with Gasteiger partial charge in [-0.25, -0.2) is 14.2 Å². The molecule has 27 heavy (non-hydrogen) atoms. The van der Waals surface area contributed by atoms with Crippen LogP contribution >= 0.6 is 11.3 Å². The van der Waals surface area contributed by atoms with Gasteiger partial charge in [0.25, 0.3) is 5.91 Å². The first-order valence-corrected chi connectivity index (χ1v) is 9.06. The predicted molar refractivity (Wildman–Crippen MR) is 101 cm³/mol. The van der Waals surface area contributed by atoms with E-state index in [9.17, 15) is 14.0 Å². The molecule has 1 amide bonds. The van der Waals surface area contributed by atoms with E-state index in [1.54, 1.807) is 32.2 Å². The standard InChI is InChI=1S/C19H18FN3O3S/c1-11-4-5-14(20)9-16(11)22-17(24)10-26-18(25)15-8-12(2)23(13(15)3)19-21-6-7-27-19/h4-9H,10H2,1-3H3,(H,22,24). The highest BCUT2D eigenvalue weighted by Crippen LogP contribution is 2.23. The lowest BCUT2D eigenvalue weighted by Gasteiger charge is -2.09. The van der Waals surface area contributed by atoms with Gasteiger partial charge < -0.3 is 10.1 Å². The van der Waals surface area contributed by atoms with E-state index >= 15 is 0 Å². The molecule has 2 heterocycles. The molecule has 3 rings (SSSR count). The number of amides is 1. The molecule has 2 aromatic heterocycles. The smallest absolute Gasteiger partial charge is 0.340 e. The van der Waals surface area contributed by atoms with E-state index in [0.717, 1.165) is 10.8 Å². The Balaban J connectivity index is 1.67. The number of hydrogen-bond acceptors (Lipinski definition) is 5. The van der Waals surface area contributed by atoms with E-state index in [-0.39, 0.29) is 0 Å². The molecule has 0 saturated heterocycles. The molecular weight excluding hydrogens is 369 g/mol. The van der Waals surface area contributed by atoms with Crippen LogP contribution in [0.4, 0.5) is 10.1 Å². The van der Waals surface area contributed by atoms with Crippen molar-refractivity contribution in [3.8, 4) is 5.13 Å². The van der Waals surface area contributed by atoms with Crippen molar-refractivity contribution in [2.75, 3.05) is 11.9 Å². The van der Waals surface area contributed by atoms with Gasteiger partial charge in [-0.15, -0.1) is 11.3 Å². The quantitative estimate of drug-likeness (QED) is 0.676. The number of hydrogen-bond donors (Lipinski definition) is 1. The zero-order valence-corrected chi connectivity index (χ0v) is 15.9. The second kappa shape index (κ2) is 7.71. The van der Waals surface area contributed by atoms with Gasteiger partial charge in [0.05, 0.1) is 5.56 Å². The van der Waals surface area contributed by atoms with E-state index < -0.39 is 24.3 Å². The van der Waals surface area contributed by atoms with E-state index in [1.165, 1.54) is 23.5 Å². The summed E-state index contributed by atoms with van der Waals surface area (Å²) < 4.78 is 20.3. The summed E-state index contributed by atoms with van der Waals surface area (Å²) >= 11 is 1.46. The molecule has 0 aliphatic carbocycles. The molecule has 1 aromatic carbocycles. The molecule has 0 aliphatic heterocycles. The van der Waals surface area contributed by atoms with Crippen LogP contribution in [-0.4, -0.2) is 28.0 Å². The molecule has 0 radical (unpaired) electrons. The molecule has 1 N–H and O–H groups in total.